The average Bonchev–Trinajstić information content (AvgIpc) is 3.31. The summed E-state index contributed by atoms with van der Waals surface area (Å²) < 4.78 is 7.49. The van der Waals surface area contributed by atoms with Crippen molar-refractivity contribution < 1.29 is 9.53 Å². The normalized spacial score (nSPS) is 14.2. The largest absolute Gasteiger partial charge is 0.489 e. The topological polar surface area (TPSA) is 79.9 Å². The summed E-state index contributed by atoms with van der Waals surface area (Å²) >= 11 is 0. The molecule has 1 heterocycles. The third-order valence-electron chi connectivity index (χ3n) is 6.17. The summed E-state index contributed by atoms with van der Waals surface area (Å²) in [5, 5.41) is 17.7. The first-order valence-electron chi connectivity index (χ1n) is 12.0. The molecule has 0 atom stereocenters. The van der Waals surface area contributed by atoms with Crippen LogP contribution in [0.3, 0.4) is 0 Å². The van der Waals surface area contributed by atoms with Crippen molar-refractivity contribution in [3.05, 3.63) is 84.1 Å². The Bertz CT molecular complexity index is 1260. The van der Waals surface area contributed by atoms with Crippen LogP contribution in [0.5, 0.6) is 5.75 Å². The molecular formula is C29H30N4O2. The van der Waals surface area contributed by atoms with Gasteiger partial charge in [-0.05, 0) is 61.7 Å². The molecule has 1 fully saturated rings. The average molecular weight is 467 g/mol. The van der Waals surface area contributed by atoms with Gasteiger partial charge in [-0.3, -0.25) is 4.79 Å². The zero-order valence-electron chi connectivity index (χ0n) is 20.0. The Hall–Kier alpha value is -4.11. The molecule has 1 amide bonds. The van der Waals surface area contributed by atoms with Gasteiger partial charge in [0, 0.05) is 23.4 Å². The Balaban J connectivity index is 1.71. The van der Waals surface area contributed by atoms with Crippen LogP contribution in [-0.4, -0.2) is 28.3 Å². The highest BCUT2D eigenvalue weighted by Crippen LogP contribution is 2.30. The van der Waals surface area contributed by atoms with Crippen molar-refractivity contribution in [2.45, 2.75) is 45.1 Å². The van der Waals surface area contributed by atoms with Gasteiger partial charge in [0.1, 0.15) is 29.7 Å². The lowest BCUT2D eigenvalue weighted by Crippen LogP contribution is -2.36. The highest BCUT2D eigenvalue weighted by Gasteiger charge is 2.20. The van der Waals surface area contributed by atoms with E-state index in [0.29, 0.717) is 17.9 Å². The summed E-state index contributed by atoms with van der Waals surface area (Å²) in [6.07, 6.45) is 10.5. The third-order valence-corrected chi connectivity index (χ3v) is 6.17. The minimum Gasteiger partial charge on any atom is -0.489 e. The molecule has 178 valence electrons. The van der Waals surface area contributed by atoms with Crippen LogP contribution in [0.25, 0.3) is 23.0 Å². The second-order valence-electron chi connectivity index (χ2n) is 8.77. The van der Waals surface area contributed by atoms with Gasteiger partial charge in [-0.1, -0.05) is 50.1 Å². The number of benzene rings is 2. The van der Waals surface area contributed by atoms with E-state index in [1.165, 1.54) is 6.42 Å². The van der Waals surface area contributed by atoms with Crippen LogP contribution in [0.15, 0.2) is 73.0 Å². The number of nitrogens with one attached hydrogen (secondary N) is 1. The van der Waals surface area contributed by atoms with Crippen molar-refractivity contribution >= 4 is 12.0 Å². The molecule has 1 aromatic heterocycles. The summed E-state index contributed by atoms with van der Waals surface area (Å²) in [5.41, 5.74) is 4.19. The highest BCUT2D eigenvalue weighted by molar-refractivity contribution is 6.02. The second kappa shape index (κ2) is 11.3. The zero-order valence-corrected chi connectivity index (χ0v) is 20.0. The number of aryl methyl sites for hydroxylation is 1. The highest BCUT2D eigenvalue weighted by atomic mass is 16.5. The number of nitrogens with zero attached hydrogens (tertiary/aromatic N) is 3. The molecule has 1 saturated carbocycles. The first-order chi connectivity index (χ1) is 17.1. The molecule has 2 aromatic carbocycles. The van der Waals surface area contributed by atoms with Crippen LogP contribution >= 0.6 is 0 Å². The summed E-state index contributed by atoms with van der Waals surface area (Å²) in [6.45, 7) is 6.10. The Morgan fingerprint density at radius 2 is 2.00 bits per heavy atom. The summed E-state index contributed by atoms with van der Waals surface area (Å²) in [6, 6.07) is 17.8. The predicted molar refractivity (Wildman–Crippen MR) is 138 cm³/mol. The number of ether oxygens (including phenoxy) is 1. The van der Waals surface area contributed by atoms with Gasteiger partial charge >= 0.3 is 0 Å². The van der Waals surface area contributed by atoms with E-state index < -0.39 is 0 Å². The lowest BCUT2D eigenvalue weighted by Gasteiger charge is -2.22. The molecule has 1 aliphatic rings. The van der Waals surface area contributed by atoms with Gasteiger partial charge in [0.05, 0.1) is 5.69 Å². The van der Waals surface area contributed by atoms with E-state index in [0.717, 1.165) is 48.2 Å². The molecule has 4 rings (SSSR count). The molecule has 0 saturated heterocycles. The predicted octanol–water partition coefficient (Wildman–Crippen LogP) is 5.77. The van der Waals surface area contributed by atoms with E-state index in [1.807, 2.05) is 61.7 Å². The maximum Gasteiger partial charge on any atom is 0.262 e. The number of para-hydroxylation sites is 1. The molecule has 1 N–H and O–H groups in total. The number of carbonyl (C=O) groups excluding carboxylic acids is 1. The maximum absolute atomic E-state index is 12.9. The fraction of sp³-hybridized carbons (Fsp3) is 0.276. The van der Waals surface area contributed by atoms with E-state index in [9.17, 15) is 10.1 Å². The molecule has 0 radical (unpaired) electrons. The number of amides is 1. The minimum absolute atomic E-state index is 0.0760. The van der Waals surface area contributed by atoms with Crippen LogP contribution in [-0.2, 0) is 4.79 Å². The Kier molecular flexibility index (Phi) is 7.79. The number of carbonyl (C=O) groups is 1. The molecular weight excluding hydrogens is 436 g/mol. The number of nitriles is 1. The van der Waals surface area contributed by atoms with Gasteiger partial charge in [0.25, 0.3) is 5.91 Å². The molecule has 6 nitrogen and oxygen atoms in total. The van der Waals surface area contributed by atoms with Gasteiger partial charge in [-0.25, -0.2) is 4.68 Å². The third kappa shape index (κ3) is 5.88. The van der Waals surface area contributed by atoms with Gasteiger partial charge in [-0.15, -0.1) is 0 Å². The molecule has 0 bridgehead atoms. The fourth-order valence-electron chi connectivity index (χ4n) is 4.35. The Labute approximate surface area is 206 Å². The molecule has 0 aliphatic heterocycles. The lowest BCUT2D eigenvalue weighted by molar-refractivity contribution is -0.117. The summed E-state index contributed by atoms with van der Waals surface area (Å²) in [7, 11) is 0. The first-order valence-corrected chi connectivity index (χ1v) is 12.0. The van der Waals surface area contributed by atoms with Crippen molar-refractivity contribution in [1.82, 2.24) is 15.1 Å². The van der Waals surface area contributed by atoms with Gasteiger partial charge in [0.2, 0.25) is 0 Å². The second-order valence-corrected chi connectivity index (χ2v) is 8.77. The van der Waals surface area contributed by atoms with Gasteiger partial charge < -0.3 is 10.1 Å². The van der Waals surface area contributed by atoms with Crippen LogP contribution < -0.4 is 10.1 Å². The van der Waals surface area contributed by atoms with Crippen LogP contribution in [0.4, 0.5) is 0 Å². The molecule has 0 unspecified atom stereocenters. The van der Waals surface area contributed by atoms with Crippen LogP contribution in [0.2, 0.25) is 0 Å². The molecule has 6 heteroatoms. The minimum atomic E-state index is -0.331. The van der Waals surface area contributed by atoms with Crippen molar-refractivity contribution in [3.8, 4) is 28.8 Å². The molecule has 1 aliphatic carbocycles. The van der Waals surface area contributed by atoms with E-state index in [1.54, 1.807) is 16.8 Å². The molecule has 3 aromatic rings. The van der Waals surface area contributed by atoms with Gasteiger partial charge in [-0.2, -0.15) is 10.4 Å². The van der Waals surface area contributed by atoms with Crippen molar-refractivity contribution in [1.29, 1.82) is 5.26 Å². The smallest absolute Gasteiger partial charge is 0.262 e. The Morgan fingerprint density at radius 1 is 1.23 bits per heavy atom. The quantitative estimate of drug-likeness (QED) is 0.260. The zero-order chi connectivity index (χ0) is 24.6. The monoisotopic (exact) mass is 466 g/mol. The van der Waals surface area contributed by atoms with Crippen LogP contribution in [0, 0.1) is 18.3 Å². The van der Waals surface area contributed by atoms with Crippen molar-refractivity contribution in [2.75, 3.05) is 6.61 Å². The molecule has 0 spiro atoms. The van der Waals surface area contributed by atoms with Crippen molar-refractivity contribution in [3.63, 3.8) is 0 Å². The summed E-state index contributed by atoms with van der Waals surface area (Å²) in [4.78, 5) is 12.9. The van der Waals surface area contributed by atoms with Crippen LogP contribution in [0.1, 0.15) is 43.2 Å². The number of aromatic nitrogens is 2. The Morgan fingerprint density at radius 3 is 2.69 bits per heavy atom. The first kappa shape index (κ1) is 24.0. The number of rotatable bonds is 8. The maximum atomic E-state index is 12.9. The lowest BCUT2D eigenvalue weighted by atomic mass is 9.95. The molecule has 35 heavy (non-hydrogen) atoms. The van der Waals surface area contributed by atoms with E-state index in [-0.39, 0.29) is 17.5 Å². The SMILES string of the molecule is C=CCOc1ccc(-c2nn(-c3ccccc3)cc2C=C(C#N)C(=O)NC2CCCCC2)cc1C. The standard InChI is InChI=1S/C29H30N4O2/c1-3-16-35-27-15-14-22(17-21(27)2)28-24(20-33(32-28)26-12-8-5-9-13-26)18-23(19-30)29(34)31-25-10-6-4-7-11-25/h3,5,8-9,12-15,17-18,20,25H,1,4,6-7,10-11,16H2,2H3,(H,31,34). The number of hydrogen-bond donors (Lipinski definition) is 1. The summed E-state index contributed by atoms with van der Waals surface area (Å²) in [5.74, 6) is 0.444. The van der Waals surface area contributed by atoms with Crippen molar-refractivity contribution in [2.24, 2.45) is 0 Å². The van der Waals surface area contributed by atoms with Gasteiger partial charge in [0.15, 0.2) is 0 Å². The van der Waals surface area contributed by atoms with E-state index >= 15 is 0 Å². The number of hydrogen-bond acceptors (Lipinski definition) is 4. The van der Waals surface area contributed by atoms with E-state index in [4.69, 9.17) is 9.84 Å². The van der Waals surface area contributed by atoms with E-state index in [2.05, 4.69) is 18.0 Å². The fourth-order valence-corrected chi connectivity index (χ4v) is 4.35.